The van der Waals surface area contributed by atoms with Gasteiger partial charge in [0.25, 0.3) is 0 Å². The Labute approximate surface area is 152 Å². The SMILES string of the molecule is COc1ccc(N(CCCC(=O)Nc2cccc(F)c2)S(C)(=O)=O)cc1. The van der Waals surface area contributed by atoms with E-state index in [9.17, 15) is 17.6 Å². The van der Waals surface area contributed by atoms with E-state index in [0.29, 0.717) is 23.5 Å². The van der Waals surface area contributed by atoms with Crippen LogP contribution in [0.25, 0.3) is 0 Å². The largest absolute Gasteiger partial charge is 0.497 e. The van der Waals surface area contributed by atoms with Gasteiger partial charge in [0.15, 0.2) is 0 Å². The lowest BCUT2D eigenvalue weighted by molar-refractivity contribution is -0.116. The van der Waals surface area contributed by atoms with E-state index in [1.165, 1.54) is 29.6 Å². The molecule has 0 saturated heterocycles. The number of hydrogen-bond donors (Lipinski definition) is 1. The first-order valence-electron chi connectivity index (χ1n) is 7.97. The van der Waals surface area contributed by atoms with Crippen LogP contribution in [0.3, 0.4) is 0 Å². The second kappa shape index (κ2) is 8.66. The minimum Gasteiger partial charge on any atom is -0.497 e. The third-order valence-corrected chi connectivity index (χ3v) is 4.83. The highest BCUT2D eigenvalue weighted by Crippen LogP contribution is 2.22. The van der Waals surface area contributed by atoms with Crippen molar-refractivity contribution < 1.29 is 22.3 Å². The monoisotopic (exact) mass is 380 g/mol. The number of hydrogen-bond acceptors (Lipinski definition) is 4. The number of nitrogens with zero attached hydrogens (tertiary/aromatic N) is 1. The number of carbonyl (C=O) groups excluding carboxylic acids is 1. The maximum Gasteiger partial charge on any atom is 0.232 e. The standard InChI is InChI=1S/C18H21FN2O4S/c1-25-17-10-8-16(9-11-17)21(26(2,23)24)12-4-7-18(22)20-15-6-3-5-14(19)13-15/h3,5-6,8-11,13H,4,7,12H2,1-2H3,(H,20,22). The summed E-state index contributed by atoms with van der Waals surface area (Å²) in [5.41, 5.74) is 0.865. The van der Waals surface area contributed by atoms with Crippen molar-refractivity contribution in [3.8, 4) is 5.75 Å². The molecule has 6 nitrogen and oxygen atoms in total. The first kappa shape index (κ1) is 19.7. The molecule has 0 aliphatic heterocycles. The van der Waals surface area contributed by atoms with E-state index in [2.05, 4.69) is 5.32 Å². The Balaban J connectivity index is 1.96. The maximum absolute atomic E-state index is 13.1. The van der Waals surface area contributed by atoms with E-state index < -0.39 is 15.8 Å². The number of benzene rings is 2. The number of halogens is 1. The van der Waals surface area contributed by atoms with Crippen molar-refractivity contribution in [1.29, 1.82) is 0 Å². The molecule has 1 amide bonds. The van der Waals surface area contributed by atoms with Gasteiger partial charge < -0.3 is 10.1 Å². The van der Waals surface area contributed by atoms with Crippen molar-refractivity contribution in [3.05, 3.63) is 54.3 Å². The lowest BCUT2D eigenvalue weighted by Gasteiger charge is -2.22. The summed E-state index contributed by atoms with van der Waals surface area (Å²) in [6.45, 7) is 0.154. The summed E-state index contributed by atoms with van der Waals surface area (Å²) >= 11 is 0. The summed E-state index contributed by atoms with van der Waals surface area (Å²) in [5.74, 6) is -0.124. The van der Waals surface area contributed by atoms with Crippen LogP contribution in [0.15, 0.2) is 48.5 Å². The average molecular weight is 380 g/mol. The second-order valence-electron chi connectivity index (χ2n) is 5.70. The molecular formula is C18H21FN2O4S. The van der Waals surface area contributed by atoms with Gasteiger partial charge in [-0.1, -0.05) is 6.07 Å². The van der Waals surface area contributed by atoms with Gasteiger partial charge >= 0.3 is 0 Å². The Morgan fingerprint density at radius 1 is 1.19 bits per heavy atom. The van der Waals surface area contributed by atoms with Gasteiger partial charge in [-0.2, -0.15) is 0 Å². The fraction of sp³-hybridized carbons (Fsp3) is 0.278. The van der Waals surface area contributed by atoms with Gasteiger partial charge in [0.1, 0.15) is 11.6 Å². The van der Waals surface area contributed by atoms with Crippen LogP contribution < -0.4 is 14.4 Å². The average Bonchev–Trinajstić information content (AvgIpc) is 2.58. The molecule has 2 rings (SSSR count). The van der Waals surface area contributed by atoms with Crippen LogP contribution in [-0.2, 0) is 14.8 Å². The van der Waals surface area contributed by atoms with Crippen molar-refractivity contribution in [2.75, 3.05) is 29.5 Å². The number of nitrogens with one attached hydrogen (secondary N) is 1. The third kappa shape index (κ3) is 5.73. The van der Waals surface area contributed by atoms with E-state index in [-0.39, 0.29) is 18.9 Å². The van der Waals surface area contributed by atoms with E-state index in [1.807, 2.05) is 0 Å². The summed E-state index contributed by atoms with van der Waals surface area (Å²) in [7, 11) is -1.96. The van der Waals surface area contributed by atoms with E-state index in [4.69, 9.17) is 4.74 Å². The molecule has 26 heavy (non-hydrogen) atoms. The Kier molecular flexibility index (Phi) is 6.57. The highest BCUT2D eigenvalue weighted by Gasteiger charge is 2.17. The van der Waals surface area contributed by atoms with Gasteiger partial charge in [0, 0.05) is 18.7 Å². The lowest BCUT2D eigenvalue weighted by atomic mass is 10.2. The van der Waals surface area contributed by atoms with Gasteiger partial charge in [0.2, 0.25) is 15.9 Å². The van der Waals surface area contributed by atoms with Crippen LogP contribution in [0, 0.1) is 5.82 Å². The molecule has 0 bridgehead atoms. The van der Waals surface area contributed by atoms with Crippen LogP contribution in [0.1, 0.15) is 12.8 Å². The molecule has 0 atom stereocenters. The number of methoxy groups -OCH3 is 1. The van der Waals surface area contributed by atoms with Crippen molar-refractivity contribution in [1.82, 2.24) is 0 Å². The number of rotatable bonds is 8. The lowest BCUT2D eigenvalue weighted by Crippen LogP contribution is -2.31. The van der Waals surface area contributed by atoms with Crippen LogP contribution in [0.4, 0.5) is 15.8 Å². The molecule has 0 aromatic heterocycles. The summed E-state index contributed by atoms with van der Waals surface area (Å²) < 4.78 is 43.5. The molecule has 0 radical (unpaired) electrons. The van der Waals surface area contributed by atoms with Gasteiger partial charge in [0.05, 0.1) is 19.1 Å². The number of amides is 1. The smallest absolute Gasteiger partial charge is 0.232 e. The quantitative estimate of drug-likeness (QED) is 0.764. The fourth-order valence-corrected chi connectivity index (χ4v) is 3.37. The molecule has 1 N–H and O–H groups in total. The van der Waals surface area contributed by atoms with Gasteiger partial charge in [-0.05, 0) is 48.9 Å². The highest BCUT2D eigenvalue weighted by atomic mass is 32.2. The Hall–Kier alpha value is -2.61. The predicted molar refractivity (Wildman–Crippen MR) is 99.4 cm³/mol. The van der Waals surface area contributed by atoms with Crippen molar-refractivity contribution in [3.63, 3.8) is 0 Å². The van der Waals surface area contributed by atoms with E-state index in [0.717, 1.165) is 6.26 Å². The molecule has 0 unspecified atom stereocenters. The molecule has 8 heteroatoms. The molecular weight excluding hydrogens is 359 g/mol. The Bertz CT molecular complexity index is 854. The van der Waals surface area contributed by atoms with E-state index >= 15 is 0 Å². The van der Waals surface area contributed by atoms with Gasteiger partial charge in [-0.15, -0.1) is 0 Å². The molecule has 0 aliphatic rings. The van der Waals surface area contributed by atoms with Crippen molar-refractivity contribution >= 4 is 27.3 Å². The zero-order valence-electron chi connectivity index (χ0n) is 14.6. The summed E-state index contributed by atoms with van der Waals surface area (Å²) in [6.07, 6.45) is 1.54. The summed E-state index contributed by atoms with van der Waals surface area (Å²) in [6, 6.07) is 12.2. The normalized spacial score (nSPS) is 11.0. The molecule has 0 fully saturated rings. The minimum atomic E-state index is -3.49. The topological polar surface area (TPSA) is 75.7 Å². The molecule has 140 valence electrons. The number of sulfonamides is 1. The molecule has 0 heterocycles. The number of ether oxygens (including phenoxy) is 1. The molecule has 0 aliphatic carbocycles. The molecule has 0 saturated carbocycles. The zero-order chi connectivity index (χ0) is 19.2. The third-order valence-electron chi connectivity index (χ3n) is 3.63. The first-order valence-corrected chi connectivity index (χ1v) is 9.81. The van der Waals surface area contributed by atoms with Crippen LogP contribution in [-0.4, -0.2) is 34.2 Å². The Morgan fingerprint density at radius 2 is 1.88 bits per heavy atom. The van der Waals surface area contributed by atoms with Crippen molar-refractivity contribution in [2.45, 2.75) is 12.8 Å². The zero-order valence-corrected chi connectivity index (χ0v) is 15.4. The molecule has 0 spiro atoms. The maximum atomic E-state index is 13.1. The second-order valence-corrected chi connectivity index (χ2v) is 7.60. The van der Waals surface area contributed by atoms with Crippen LogP contribution in [0.5, 0.6) is 5.75 Å². The van der Waals surface area contributed by atoms with Gasteiger partial charge in [-0.25, -0.2) is 12.8 Å². The number of anilines is 2. The first-order chi connectivity index (χ1) is 12.3. The summed E-state index contributed by atoms with van der Waals surface area (Å²) in [5, 5.41) is 2.59. The summed E-state index contributed by atoms with van der Waals surface area (Å²) in [4.78, 5) is 12.0. The van der Waals surface area contributed by atoms with Crippen LogP contribution >= 0.6 is 0 Å². The molecule has 2 aromatic rings. The minimum absolute atomic E-state index is 0.110. The highest BCUT2D eigenvalue weighted by molar-refractivity contribution is 7.92. The van der Waals surface area contributed by atoms with Crippen LogP contribution in [0.2, 0.25) is 0 Å². The number of carbonyl (C=O) groups is 1. The van der Waals surface area contributed by atoms with Crippen molar-refractivity contribution in [2.24, 2.45) is 0 Å². The molecule has 2 aromatic carbocycles. The Morgan fingerprint density at radius 3 is 2.46 bits per heavy atom. The van der Waals surface area contributed by atoms with Gasteiger partial charge in [-0.3, -0.25) is 9.10 Å². The van der Waals surface area contributed by atoms with E-state index in [1.54, 1.807) is 30.3 Å². The predicted octanol–water partition coefficient (Wildman–Crippen LogP) is 3.02. The fourth-order valence-electron chi connectivity index (χ4n) is 2.41.